The lowest BCUT2D eigenvalue weighted by atomic mass is 10.1. The fourth-order valence-corrected chi connectivity index (χ4v) is 6.75. The van der Waals surface area contributed by atoms with Gasteiger partial charge in [0.1, 0.15) is 13.2 Å². The molecule has 0 amide bonds. The van der Waals surface area contributed by atoms with Crippen molar-refractivity contribution < 1.29 is 28.6 Å². The fourth-order valence-electron chi connectivity index (χ4n) is 6.75. The zero-order valence-electron chi connectivity index (χ0n) is 41.3. The largest absolute Gasteiger partial charge is 0.462 e. The van der Waals surface area contributed by atoms with Crippen molar-refractivity contribution in [2.75, 3.05) is 13.2 Å². The highest BCUT2D eigenvalue weighted by Gasteiger charge is 2.19. The third kappa shape index (κ3) is 49.1. The van der Waals surface area contributed by atoms with E-state index in [2.05, 4.69) is 69.4 Å². The SMILES string of the molecule is CC\C=C/C=C\C=C/C=C\C=C\C=C/CCCCCC(=O)OCC(COC(=O)CCCCC/C=C\CCCCCCCC)OC(=O)CCCCC/C=C\C=C/CCCCCCCCC. The molecule has 1 atom stereocenters. The van der Waals surface area contributed by atoms with E-state index in [1.807, 2.05) is 60.8 Å². The number of hydrogen-bond donors (Lipinski definition) is 0. The Labute approximate surface area is 393 Å². The topological polar surface area (TPSA) is 78.9 Å². The highest BCUT2D eigenvalue weighted by molar-refractivity contribution is 5.71. The van der Waals surface area contributed by atoms with Crippen LogP contribution in [0.1, 0.15) is 220 Å². The maximum atomic E-state index is 12.8. The Bertz CT molecular complexity index is 1340. The van der Waals surface area contributed by atoms with Crippen LogP contribution in [0.5, 0.6) is 0 Å². The van der Waals surface area contributed by atoms with Gasteiger partial charge in [0.05, 0.1) is 0 Å². The van der Waals surface area contributed by atoms with Gasteiger partial charge in [-0.25, -0.2) is 0 Å². The monoisotopic (exact) mass is 887 g/mol. The average molecular weight is 887 g/mol. The molecule has 1 unspecified atom stereocenters. The van der Waals surface area contributed by atoms with E-state index in [0.29, 0.717) is 12.8 Å². The summed E-state index contributed by atoms with van der Waals surface area (Å²) >= 11 is 0. The summed E-state index contributed by atoms with van der Waals surface area (Å²) in [5.41, 5.74) is 0. The van der Waals surface area contributed by atoms with Crippen LogP contribution in [0.4, 0.5) is 0 Å². The van der Waals surface area contributed by atoms with Crippen LogP contribution in [0.2, 0.25) is 0 Å². The number of unbranched alkanes of at least 4 members (excludes halogenated alkanes) is 22. The lowest BCUT2D eigenvalue weighted by Crippen LogP contribution is -2.30. The molecule has 0 rings (SSSR count). The van der Waals surface area contributed by atoms with Gasteiger partial charge in [-0.15, -0.1) is 0 Å². The second-order valence-electron chi connectivity index (χ2n) is 16.9. The van der Waals surface area contributed by atoms with Crippen molar-refractivity contribution in [3.8, 4) is 0 Å². The standard InChI is InChI=1S/C58H94O6/c1-4-7-10-13-16-19-22-25-27-29-31-33-36-39-42-45-48-51-57(60)63-54-55(53-62-56(59)50-47-44-41-38-35-32-24-21-18-15-12-9-6-3)64-58(61)52-49-46-43-40-37-34-30-28-26-23-20-17-14-11-8-5-2/h7,10,13,16,19,22,25,27-37,55H,4-6,8-9,11-12,14-15,17-18,20-21,23-24,26,38-54H2,1-3H3/b10-7-,16-13-,22-19-,27-25-,30-28-,31-29+,35-32-,36-33-,37-34-. The summed E-state index contributed by atoms with van der Waals surface area (Å²) < 4.78 is 16.7. The zero-order valence-corrected chi connectivity index (χ0v) is 41.3. The van der Waals surface area contributed by atoms with E-state index in [0.717, 1.165) is 96.3 Å². The van der Waals surface area contributed by atoms with Gasteiger partial charge in [0.2, 0.25) is 0 Å². The first kappa shape index (κ1) is 60.1. The van der Waals surface area contributed by atoms with Gasteiger partial charge in [-0.1, -0.05) is 220 Å². The molecule has 0 saturated heterocycles. The molecule has 0 saturated carbocycles. The molecule has 0 aromatic heterocycles. The predicted molar refractivity (Wildman–Crippen MR) is 274 cm³/mol. The van der Waals surface area contributed by atoms with Crippen LogP contribution >= 0.6 is 0 Å². The smallest absolute Gasteiger partial charge is 0.306 e. The number of carbonyl (C=O) groups is 3. The second kappa shape index (κ2) is 51.7. The normalized spacial score (nSPS) is 13.0. The van der Waals surface area contributed by atoms with Gasteiger partial charge in [-0.3, -0.25) is 14.4 Å². The molecule has 0 aliphatic rings. The number of hydrogen-bond acceptors (Lipinski definition) is 6. The number of carbonyl (C=O) groups excluding carboxylic acids is 3. The molecule has 6 nitrogen and oxygen atoms in total. The van der Waals surface area contributed by atoms with Crippen LogP contribution < -0.4 is 0 Å². The van der Waals surface area contributed by atoms with Crippen LogP contribution in [-0.4, -0.2) is 37.2 Å². The summed E-state index contributed by atoms with van der Waals surface area (Å²) in [4.78, 5) is 38.0. The minimum atomic E-state index is -0.818. The molecule has 0 bridgehead atoms. The molecular formula is C58H94O6. The van der Waals surface area contributed by atoms with Crippen LogP contribution in [0.3, 0.4) is 0 Å². The molecule has 0 radical (unpaired) electrons. The van der Waals surface area contributed by atoms with Crippen molar-refractivity contribution in [1.29, 1.82) is 0 Å². The van der Waals surface area contributed by atoms with Gasteiger partial charge < -0.3 is 14.2 Å². The highest BCUT2D eigenvalue weighted by Crippen LogP contribution is 2.12. The minimum Gasteiger partial charge on any atom is -0.462 e. The van der Waals surface area contributed by atoms with Crippen molar-refractivity contribution in [1.82, 2.24) is 0 Å². The molecule has 0 aliphatic carbocycles. The van der Waals surface area contributed by atoms with Crippen molar-refractivity contribution >= 4 is 17.9 Å². The number of allylic oxidation sites excluding steroid dienone is 18. The summed E-state index contributed by atoms with van der Waals surface area (Å²) in [6.45, 7) is 6.39. The van der Waals surface area contributed by atoms with E-state index < -0.39 is 6.10 Å². The Balaban J connectivity index is 4.56. The van der Waals surface area contributed by atoms with Crippen molar-refractivity contribution in [2.45, 2.75) is 226 Å². The third-order valence-corrected chi connectivity index (χ3v) is 10.7. The van der Waals surface area contributed by atoms with E-state index >= 15 is 0 Å². The van der Waals surface area contributed by atoms with Gasteiger partial charge >= 0.3 is 17.9 Å². The van der Waals surface area contributed by atoms with Gasteiger partial charge in [0.15, 0.2) is 6.10 Å². The summed E-state index contributed by atoms with van der Waals surface area (Å²) in [6.07, 6.45) is 69.3. The van der Waals surface area contributed by atoms with Gasteiger partial charge in [0, 0.05) is 19.3 Å². The molecule has 0 aromatic rings. The molecular weight excluding hydrogens is 793 g/mol. The second-order valence-corrected chi connectivity index (χ2v) is 16.9. The summed E-state index contributed by atoms with van der Waals surface area (Å²) in [5.74, 6) is -1.00. The molecule has 0 heterocycles. The van der Waals surface area contributed by atoms with Gasteiger partial charge in [0.25, 0.3) is 0 Å². The van der Waals surface area contributed by atoms with Crippen molar-refractivity contribution in [3.63, 3.8) is 0 Å². The van der Waals surface area contributed by atoms with Crippen molar-refractivity contribution in [3.05, 3.63) is 109 Å². The zero-order chi connectivity index (χ0) is 46.5. The van der Waals surface area contributed by atoms with E-state index in [4.69, 9.17) is 14.2 Å². The maximum absolute atomic E-state index is 12.8. The van der Waals surface area contributed by atoms with Crippen molar-refractivity contribution in [2.24, 2.45) is 0 Å². The van der Waals surface area contributed by atoms with Crippen LogP contribution in [0, 0.1) is 0 Å². The third-order valence-electron chi connectivity index (χ3n) is 10.7. The Morgan fingerprint density at radius 1 is 0.328 bits per heavy atom. The Morgan fingerprint density at radius 2 is 0.625 bits per heavy atom. The molecule has 0 spiro atoms. The Kier molecular flexibility index (Phi) is 48.5. The maximum Gasteiger partial charge on any atom is 0.306 e. The molecule has 0 aromatic carbocycles. The molecule has 6 heteroatoms. The molecule has 0 fully saturated rings. The molecule has 64 heavy (non-hydrogen) atoms. The Hall–Kier alpha value is -3.93. The lowest BCUT2D eigenvalue weighted by Gasteiger charge is -2.18. The molecule has 362 valence electrons. The average Bonchev–Trinajstić information content (AvgIpc) is 3.29. The van der Waals surface area contributed by atoms with Crippen LogP contribution in [0.15, 0.2) is 109 Å². The summed E-state index contributed by atoms with van der Waals surface area (Å²) in [7, 11) is 0. The quantitative estimate of drug-likeness (QED) is 0.0199. The summed E-state index contributed by atoms with van der Waals surface area (Å²) in [5, 5.41) is 0. The molecule has 0 aliphatic heterocycles. The predicted octanol–water partition coefficient (Wildman–Crippen LogP) is 17.1. The summed E-state index contributed by atoms with van der Waals surface area (Å²) in [6, 6.07) is 0. The lowest BCUT2D eigenvalue weighted by molar-refractivity contribution is -0.167. The number of ether oxygens (including phenoxy) is 3. The fraction of sp³-hybridized carbons (Fsp3) is 0.638. The van der Waals surface area contributed by atoms with E-state index in [-0.39, 0.29) is 37.5 Å². The van der Waals surface area contributed by atoms with Gasteiger partial charge in [-0.05, 0) is 89.9 Å². The highest BCUT2D eigenvalue weighted by atomic mass is 16.6. The van der Waals surface area contributed by atoms with Crippen LogP contribution in [0.25, 0.3) is 0 Å². The van der Waals surface area contributed by atoms with Gasteiger partial charge in [-0.2, -0.15) is 0 Å². The van der Waals surface area contributed by atoms with Crippen LogP contribution in [-0.2, 0) is 28.6 Å². The first-order chi connectivity index (χ1) is 31.5. The molecule has 0 N–H and O–H groups in total. The van der Waals surface area contributed by atoms with E-state index in [1.54, 1.807) is 0 Å². The first-order valence-corrected chi connectivity index (χ1v) is 26.0. The number of rotatable bonds is 45. The first-order valence-electron chi connectivity index (χ1n) is 26.0. The minimum absolute atomic E-state index is 0.113. The Morgan fingerprint density at radius 3 is 1.02 bits per heavy atom. The van der Waals surface area contributed by atoms with E-state index in [1.165, 1.54) is 83.5 Å². The number of esters is 3. The van der Waals surface area contributed by atoms with E-state index in [9.17, 15) is 14.4 Å².